The first-order chi connectivity index (χ1) is 6.68. The van der Waals surface area contributed by atoms with Crippen LogP contribution in [0, 0.1) is 0 Å². The van der Waals surface area contributed by atoms with Gasteiger partial charge in [-0.25, -0.2) is 0 Å². The van der Waals surface area contributed by atoms with E-state index in [1.165, 1.54) is 51.4 Å². The molecule has 1 unspecified atom stereocenters. The summed E-state index contributed by atoms with van der Waals surface area (Å²) in [5, 5.41) is 0.988. The smallest absolute Gasteiger partial charge is 0.0759 e. The highest BCUT2D eigenvalue weighted by Crippen LogP contribution is 2.45. The van der Waals surface area contributed by atoms with Crippen molar-refractivity contribution in [3.8, 4) is 0 Å². The lowest BCUT2D eigenvalue weighted by molar-refractivity contribution is -0.0898. The van der Waals surface area contributed by atoms with Crippen LogP contribution in [0.25, 0.3) is 0 Å². The maximum atomic E-state index is 6.36. The van der Waals surface area contributed by atoms with Crippen LogP contribution in [-0.2, 0) is 4.74 Å². The lowest BCUT2D eigenvalue weighted by atomic mass is 9.90. The van der Waals surface area contributed by atoms with Gasteiger partial charge in [0.1, 0.15) is 0 Å². The van der Waals surface area contributed by atoms with E-state index in [0.29, 0.717) is 0 Å². The first-order valence-corrected chi connectivity index (χ1v) is 7.06. The molecule has 2 rings (SSSR count). The molecular weight excluding hydrogens is 240 g/mol. The van der Waals surface area contributed by atoms with Gasteiger partial charge < -0.3 is 4.74 Å². The zero-order valence-electron chi connectivity index (χ0n) is 9.15. The van der Waals surface area contributed by atoms with Gasteiger partial charge in [0.25, 0.3) is 0 Å². The molecule has 0 aromatic heterocycles. The van der Waals surface area contributed by atoms with Gasteiger partial charge in [0.15, 0.2) is 0 Å². The predicted molar refractivity (Wildman–Crippen MR) is 63.0 cm³/mol. The van der Waals surface area contributed by atoms with Gasteiger partial charge in [0.05, 0.1) is 11.2 Å². The van der Waals surface area contributed by atoms with Crippen molar-refractivity contribution < 1.29 is 4.74 Å². The second-order valence-electron chi connectivity index (χ2n) is 5.28. The van der Waals surface area contributed by atoms with Crippen molar-refractivity contribution in [1.29, 1.82) is 0 Å². The van der Waals surface area contributed by atoms with Gasteiger partial charge >= 0.3 is 0 Å². The van der Waals surface area contributed by atoms with Gasteiger partial charge in [-0.05, 0) is 32.6 Å². The second-order valence-corrected chi connectivity index (χ2v) is 5.84. The highest BCUT2D eigenvalue weighted by molar-refractivity contribution is 9.09. The summed E-state index contributed by atoms with van der Waals surface area (Å²) in [6.45, 7) is 2.25. The summed E-state index contributed by atoms with van der Waals surface area (Å²) in [5.41, 5.74) is 0.378. The molecule has 0 bridgehead atoms. The van der Waals surface area contributed by atoms with Crippen LogP contribution in [0.1, 0.15) is 58.3 Å². The fourth-order valence-electron chi connectivity index (χ4n) is 2.94. The van der Waals surface area contributed by atoms with Gasteiger partial charge in [0, 0.05) is 5.33 Å². The van der Waals surface area contributed by atoms with Crippen LogP contribution in [0.15, 0.2) is 0 Å². The third-order valence-corrected chi connectivity index (χ3v) is 5.06. The maximum Gasteiger partial charge on any atom is 0.0759 e. The monoisotopic (exact) mass is 260 g/mol. The van der Waals surface area contributed by atoms with E-state index in [0.717, 1.165) is 5.33 Å². The molecule has 1 spiro atoms. The van der Waals surface area contributed by atoms with Crippen LogP contribution in [-0.4, -0.2) is 16.5 Å². The summed E-state index contributed by atoms with van der Waals surface area (Å²) >= 11 is 3.58. The third-order valence-electron chi connectivity index (χ3n) is 3.87. The molecular formula is C12H21BrO. The maximum absolute atomic E-state index is 6.36. The van der Waals surface area contributed by atoms with Crippen LogP contribution < -0.4 is 0 Å². The van der Waals surface area contributed by atoms with Crippen LogP contribution >= 0.6 is 15.9 Å². The molecule has 1 heterocycles. The van der Waals surface area contributed by atoms with E-state index in [9.17, 15) is 0 Å². The average Bonchev–Trinajstić information content (AvgIpc) is 2.36. The van der Waals surface area contributed by atoms with Gasteiger partial charge in [-0.1, -0.05) is 41.6 Å². The molecule has 2 fully saturated rings. The Labute approximate surface area is 95.7 Å². The van der Waals surface area contributed by atoms with Crippen molar-refractivity contribution in [2.24, 2.45) is 0 Å². The molecule has 2 heteroatoms. The fraction of sp³-hybridized carbons (Fsp3) is 1.00. The van der Waals surface area contributed by atoms with Crippen molar-refractivity contribution >= 4 is 15.9 Å². The molecule has 1 nitrogen and oxygen atoms in total. The summed E-state index contributed by atoms with van der Waals surface area (Å²) in [4.78, 5) is 0. The average molecular weight is 261 g/mol. The summed E-state index contributed by atoms with van der Waals surface area (Å²) in [6, 6.07) is 0. The second kappa shape index (κ2) is 4.13. The molecule has 0 radical (unpaired) electrons. The van der Waals surface area contributed by atoms with Gasteiger partial charge in [-0.2, -0.15) is 0 Å². The lowest BCUT2D eigenvalue weighted by Crippen LogP contribution is -2.34. The summed E-state index contributed by atoms with van der Waals surface area (Å²) < 4.78 is 6.36. The summed E-state index contributed by atoms with van der Waals surface area (Å²) in [6.07, 6.45) is 10.7. The van der Waals surface area contributed by atoms with Crippen molar-refractivity contribution in [3.63, 3.8) is 0 Å². The molecule has 2 aliphatic rings. The van der Waals surface area contributed by atoms with E-state index in [2.05, 4.69) is 22.9 Å². The highest BCUT2D eigenvalue weighted by atomic mass is 79.9. The first kappa shape index (κ1) is 10.9. The van der Waals surface area contributed by atoms with Crippen molar-refractivity contribution in [3.05, 3.63) is 0 Å². The molecule has 1 atom stereocenters. The number of hydrogen-bond donors (Lipinski definition) is 0. The van der Waals surface area contributed by atoms with E-state index in [-0.39, 0.29) is 11.2 Å². The van der Waals surface area contributed by atoms with Crippen LogP contribution in [0.3, 0.4) is 0 Å². The molecule has 1 saturated carbocycles. The van der Waals surface area contributed by atoms with E-state index >= 15 is 0 Å². The molecule has 0 amide bonds. The van der Waals surface area contributed by atoms with Crippen LogP contribution in [0.5, 0.6) is 0 Å². The zero-order valence-corrected chi connectivity index (χ0v) is 10.7. The molecule has 14 heavy (non-hydrogen) atoms. The Morgan fingerprint density at radius 2 is 1.64 bits per heavy atom. The first-order valence-electron chi connectivity index (χ1n) is 5.94. The standard InChI is InChI=1S/C12H21BrO/c1-11(10-13)8-9-12(14-11)6-4-2-3-5-7-12/h2-10H2,1H3. The van der Waals surface area contributed by atoms with Crippen LogP contribution in [0.4, 0.5) is 0 Å². The Hall–Kier alpha value is 0.440. The molecule has 0 aromatic rings. The Balaban J connectivity index is 2.03. The minimum absolute atomic E-state index is 0.115. The Kier molecular flexibility index (Phi) is 3.23. The van der Waals surface area contributed by atoms with Gasteiger partial charge in [0.2, 0.25) is 0 Å². The number of rotatable bonds is 1. The van der Waals surface area contributed by atoms with E-state index in [4.69, 9.17) is 4.74 Å². The molecule has 1 saturated heterocycles. The van der Waals surface area contributed by atoms with Crippen molar-refractivity contribution in [1.82, 2.24) is 0 Å². The topological polar surface area (TPSA) is 9.23 Å². The highest BCUT2D eigenvalue weighted by Gasteiger charge is 2.45. The van der Waals surface area contributed by atoms with Crippen molar-refractivity contribution in [2.45, 2.75) is 69.5 Å². The molecule has 1 aliphatic carbocycles. The summed E-state index contributed by atoms with van der Waals surface area (Å²) in [5.74, 6) is 0. The number of ether oxygens (including phenoxy) is 1. The Bertz CT molecular complexity index is 196. The number of halogens is 1. The van der Waals surface area contributed by atoms with Crippen molar-refractivity contribution in [2.75, 3.05) is 5.33 Å². The molecule has 82 valence electrons. The van der Waals surface area contributed by atoms with E-state index < -0.39 is 0 Å². The quantitative estimate of drug-likeness (QED) is 0.647. The van der Waals surface area contributed by atoms with Gasteiger partial charge in [-0.3, -0.25) is 0 Å². The normalized spacial score (nSPS) is 37.3. The third kappa shape index (κ3) is 2.16. The molecule has 0 aromatic carbocycles. The molecule has 1 aliphatic heterocycles. The largest absolute Gasteiger partial charge is 0.368 e. The number of hydrogen-bond acceptors (Lipinski definition) is 1. The van der Waals surface area contributed by atoms with E-state index in [1.54, 1.807) is 0 Å². The lowest BCUT2D eigenvalue weighted by Gasteiger charge is -2.31. The minimum Gasteiger partial charge on any atom is -0.368 e. The SMILES string of the molecule is CC1(CBr)CCC2(CCCCCC2)O1. The Morgan fingerprint density at radius 3 is 2.14 bits per heavy atom. The zero-order chi connectivity index (χ0) is 10.1. The Morgan fingerprint density at radius 1 is 1.00 bits per heavy atom. The van der Waals surface area contributed by atoms with Gasteiger partial charge in [-0.15, -0.1) is 0 Å². The minimum atomic E-state index is 0.115. The molecule has 0 N–H and O–H groups in total. The summed E-state index contributed by atoms with van der Waals surface area (Å²) in [7, 11) is 0. The fourth-order valence-corrected chi connectivity index (χ4v) is 3.33. The predicted octanol–water partition coefficient (Wildman–Crippen LogP) is 4.04. The van der Waals surface area contributed by atoms with E-state index in [1.807, 2.05) is 0 Å². The van der Waals surface area contributed by atoms with Crippen LogP contribution in [0.2, 0.25) is 0 Å². The number of alkyl halides is 1.